The molecule has 69 heavy (non-hydrogen) atoms. The van der Waals surface area contributed by atoms with Crippen molar-refractivity contribution in [3.8, 4) is 0 Å². The van der Waals surface area contributed by atoms with Gasteiger partial charge in [-0.15, -0.1) is 0 Å². The number of carbonyl (C=O) groups is 3. The second kappa shape index (κ2) is 56.4. The Bertz CT molecular complexity index is 1470. The molecule has 0 spiro atoms. The molecule has 0 amide bonds. The molecule has 0 saturated carbocycles. The van der Waals surface area contributed by atoms with Crippen LogP contribution in [0.1, 0.15) is 239 Å². The van der Waals surface area contributed by atoms with Crippen LogP contribution in [-0.4, -0.2) is 37.2 Å². The smallest absolute Gasteiger partial charge is 0.310 e. The van der Waals surface area contributed by atoms with Crippen molar-refractivity contribution in [2.75, 3.05) is 13.2 Å². The van der Waals surface area contributed by atoms with Crippen molar-refractivity contribution < 1.29 is 28.6 Å². The lowest BCUT2D eigenvalue weighted by Gasteiger charge is -2.18. The average Bonchev–Trinajstić information content (AvgIpc) is 3.35. The Hall–Kier alpha value is -4.19. The first kappa shape index (κ1) is 64.8. The van der Waals surface area contributed by atoms with E-state index in [1.54, 1.807) is 6.08 Å². The summed E-state index contributed by atoms with van der Waals surface area (Å²) in [6, 6.07) is 0. The van der Waals surface area contributed by atoms with E-state index in [2.05, 4.69) is 130 Å². The molecule has 1 atom stereocenters. The summed E-state index contributed by atoms with van der Waals surface area (Å²) in [7, 11) is 0. The average molecular weight is 956 g/mol. The standard InChI is InChI=1S/C63H102O6/c1-4-7-10-13-15-17-19-21-23-24-25-26-27-28-29-30-31-32-33-34-35-36-37-38-40-41-43-45-47-50-53-56-62(65)68-59-60(58-67-61(64)55-52-49-12-9-6-3)69-63(66)57-54-51-48-46-44-42-39-22-20-18-16-14-11-8-5-2/h7-8,10-11,15-18,21-23,25-26,28-29,39,44,46,51,54,60H,4-6,9,12-14,19-20,24,27,30-38,40-43,45,47-50,52-53,55-59H2,1-3H3/b10-7-,11-8-,17-15-,18-16-,23-21-,26-25-,29-28-,39-22-,46-44-,54-51-. The number of unbranched alkanes of at least 4 members (excludes halogenated alkanes) is 19. The van der Waals surface area contributed by atoms with Gasteiger partial charge in [-0.25, -0.2) is 0 Å². The van der Waals surface area contributed by atoms with Gasteiger partial charge in [0.15, 0.2) is 6.10 Å². The maximum Gasteiger partial charge on any atom is 0.310 e. The SMILES string of the molecule is CC/C=C\C/C=C\C/C=C\C/C=C\C/C=C\CCCCCCCCCCCCCCCCCC(=O)OCC(COC(=O)CCCCCCC)OC(=O)C/C=C\C/C=C\C/C=C\C/C=C\C/C=C\CC. The van der Waals surface area contributed by atoms with Crippen LogP contribution in [0.2, 0.25) is 0 Å². The first-order chi connectivity index (χ1) is 34.0. The molecular formula is C63H102O6. The van der Waals surface area contributed by atoms with Gasteiger partial charge < -0.3 is 14.2 Å². The molecule has 6 heteroatoms. The van der Waals surface area contributed by atoms with Crippen LogP contribution in [0.15, 0.2) is 122 Å². The van der Waals surface area contributed by atoms with Crippen LogP contribution in [0.25, 0.3) is 0 Å². The number of allylic oxidation sites excluding steroid dienone is 19. The van der Waals surface area contributed by atoms with E-state index < -0.39 is 12.1 Å². The third kappa shape index (κ3) is 54.6. The van der Waals surface area contributed by atoms with Crippen molar-refractivity contribution in [3.63, 3.8) is 0 Å². The number of hydrogen-bond donors (Lipinski definition) is 0. The zero-order valence-corrected chi connectivity index (χ0v) is 44.5. The summed E-state index contributed by atoms with van der Waals surface area (Å²) in [5.74, 6) is -1.07. The van der Waals surface area contributed by atoms with Gasteiger partial charge in [0.2, 0.25) is 0 Å². The summed E-state index contributed by atoms with van der Waals surface area (Å²) in [4.78, 5) is 37.6. The molecule has 0 radical (unpaired) electrons. The van der Waals surface area contributed by atoms with E-state index in [-0.39, 0.29) is 31.6 Å². The number of carbonyl (C=O) groups excluding carboxylic acids is 3. The molecule has 0 aromatic carbocycles. The number of ether oxygens (including phenoxy) is 3. The quantitative estimate of drug-likeness (QED) is 0.0262. The zero-order valence-electron chi connectivity index (χ0n) is 44.5. The van der Waals surface area contributed by atoms with Crippen LogP contribution in [0, 0.1) is 0 Å². The predicted molar refractivity (Wildman–Crippen MR) is 297 cm³/mol. The second-order valence-corrected chi connectivity index (χ2v) is 18.1. The molecule has 0 aliphatic carbocycles. The molecule has 0 fully saturated rings. The molecule has 0 N–H and O–H groups in total. The van der Waals surface area contributed by atoms with Crippen LogP contribution in [0.3, 0.4) is 0 Å². The molecule has 390 valence electrons. The predicted octanol–water partition coefficient (Wildman–Crippen LogP) is 18.9. The molecule has 0 saturated heterocycles. The molecule has 0 aromatic heterocycles. The van der Waals surface area contributed by atoms with Crippen molar-refractivity contribution in [3.05, 3.63) is 122 Å². The minimum absolute atomic E-state index is 0.0949. The maximum atomic E-state index is 12.7. The highest BCUT2D eigenvalue weighted by molar-refractivity contribution is 5.72. The molecule has 0 heterocycles. The number of esters is 3. The van der Waals surface area contributed by atoms with Crippen molar-refractivity contribution in [2.45, 2.75) is 245 Å². The van der Waals surface area contributed by atoms with Gasteiger partial charge in [0, 0.05) is 12.8 Å². The van der Waals surface area contributed by atoms with Crippen LogP contribution in [-0.2, 0) is 28.6 Å². The van der Waals surface area contributed by atoms with E-state index >= 15 is 0 Å². The first-order valence-electron chi connectivity index (χ1n) is 28.0. The van der Waals surface area contributed by atoms with E-state index in [9.17, 15) is 14.4 Å². The summed E-state index contributed by atoms with van der Waals surface area (Å²) in [6.07, 6.45) is 78.5. The molecule has 6 nitrogen and oxygen atoms in total. The van der Waals surface area contributed by atoms with Crippen LogP contribution in [0.5, 0.6) is 0 Å². The number of rotatable bonds is 49. The Morgan fingerprint density at radius 1 is 0.319 bits per heavy atom. The summed E-state index contributed by atoms with van der Waals surface area (Å²) in [5, 5.41) is 0. The Labute approximate surface area is 424 Å². The highest BCUT2D eigenvalue weighted by atomic mass is 16.6. The normalized spacial score (nSPS) is 13.0. The van der Waals surface area contributed by atoms with Crippen LogP contribution >= 0.6 is 0 Å². The Kier molecular flexibility index (Phi) is 53.0. The molecule has 0 aliphatic heterocycles. The molecule has 0 rings (SSSR count). The lowest BCUT2D eigenvalue weighted by Crippen LogP contribution is -2.30. The fourth-order valence-corrected chi connectivity index (χ4v) is 7.37. The van der Waals surface area contributed by atoms with Gasteiger partial charge in [-0.3, -0.25) is 14.4 Å². The van der Waals surface area contributed by atoms with Gasteiger partial charge in [-0.1, -0.05) is 251 Å². The molecule has 0 aliphatic rings. The Balaban J connectivity index is 4.08. The fourth-order valence-electron chi connectivity index (χ4n) is 7.37. The molecule has 0 bridgehead atoms. The largest absolute Gasteiger partial charge is 0.462 e. The third-order valence-electron chi connectivity index (χ3n) is 11.5. The van der Waals surface area contributed by atoms with Gasteiger partial charge in [-0.05, 0) is 89.9 Å². The van der Waals surface area contributed by atoms with Crippen molar-refractivity contribution in [2.24, 2.45) is 0 Å². The minimum Gasteiger partial charge on any atom is -0.462 e. The highest BCUT2D eigenvalue weighted by Crippen LogP contribution is 2.15. The van der Waals surface area contributed by atoms with E-state index in [0.29, 0.717) is 12.8 Å². The lowest BCUT2D eigenvalue weighted by molar-refractivity contribution is -0.166. The van der Waals surface area contributed by atoms with E-state index in [1.807, 2.05) is 6.08 Å². The molecule has 1 unspecified atom stereocenters. The Morgan fingerprint density at radius 2 is 0.609 bits per heavy atom. The van der Waals surface area contributed by atoms with Gasteiger partial charge in [0.25, 0.3) is 0 Å². The van der Waals surface area contributed by atoms with Crippen LogP contribution in [0.4, 0.5) is 0 Å². The van der Waals surface area contributed by atoms with Crippen molar-refractivity contribution in [1.82, 2.24) is 0 Å². The summed E-state index contributed by atoms with van der Waals surface area (Å²) in [5.41, 5.74) is 0. The van der Waals surface area contributed by atoms with Gasteiger partial charge in [0.05, 0.1) is 6.42 Å². The van der Waals surface area contributed by atoms with Gasteiger partial charge in [-0.2, -0.15) is 0 Å². The topological polar surface area (TPSA) is 78.9 Å². The second-order valence-electron chi connectivity index (χ2n) is 18.1. The Morgan fingerprint density at radius 3 is 0.957 bits per heavy atom. The van der Waals surface area contributed by atoms with Crippen molar-refractivity contribution >= 4 is 17.9 Å². The van der Waals surface area contributed by atoms with E-state index in [4.69, 9.17) is 14.2 Å². The highest BCUT2D eigenvalue weighted by Gasteiger charge is 2.19. The number of hydrogen-bond acceptors (Lipinski definition) is 6. The third-order valence-corrected chi connectivity index (χ3v) is 11.5. The molecular weight excluding hydrogens is 853 g/mol. The van der Waals surface area contributed by atoms with Gasteiger partial charge >= 0.3 is 17.9 Å². The summed E-state index contributed by atoms with van der Waals surface area (Å²) >= 11 is 0. The van der Waals surface area contributed by atoms with E-state index in [0.717, 1.165) is 116 Å². The minimum atomic E-state index is -0.829. The molecule has 0 aromatic rings. The fraction of sp³-hybridized carbons (Fsp3) is 0.635. The zero-order chi connectivity index (χ0) is 50.0. The van der Waals surface area contributed by atoms with Crippen molar-refractivity contribution in [1.29, 1.82) is 0 Å². The monoisotopic (exact) mass is 955 g/mol. The first-order valence-corrected chi connectivity index (χ1v) is 28.0. The maximum absolute atomic E-state index is 12.7. The van der Waals surface area contributed by atoms with E-state index in [1.165, 1.54) is 83.5 Å². The van der Waals surface area contributed by atoms with Gasteiger partial charge in [0.1, 0.15) is 13.2 Å². The summed E-state index contributed by atoms with van der Waals surface area (Å²) < 4.78 is 16.6. The summed E-state index contributed by atoms with van der Waals surface area (Å²) in [6.45, 7) is 6.23. The lowest BCUT2D eigenvalue weighted by atomic mass is 10.0. The van der Waals surface area contributed by atoms with Crippen LogP contribution < -0.4 is 0 Å².